The van der Waals surface area contributed by atoms with Crippen LogP contribution in [0.2, 0.25) is 0 Å². The number of nitrogens with zero attached hydrogens (tertiary/aromatic N) is 3. The molecule has 0 radical (unpaired) electrons. The fourth-order valence-corrected chi connectivity index (χ4v) is 2.30. The van der Waals surface area contributed by atoms with E-state index >= 15 is 0 Å². The number of aromatic nitrogens is 3. The number of benzene rings is 1. The Kier molecular flexibility index (Phi) is 5.49. The largest absolute Gasteiger partial charge is 0.416 e. The number of rotatable bonds is 6. The van der Waals surface area contributed by atoms with Gasteiger partial charge in [-0.15, -0.1) is 0 Å². The van der Waals surface area contributed by atoms with Crippen LogP contribution < -0.4 is 5.32 Å². The van der Waals surface area contributed by atoms with Crippen molar-refractivity contribution in [2.75, 3.05) is 0 Å². The van der Waals surface area contributed by atoms with E-state index in [1.165, 1.54) is 12.1 Å². The minimum atomic E-state index is -4.37. The van der Waals surface area contributed by atoms with E-state index in [1.54, 1.807) is 24.5 Å². The average Bonchev–Trinajstić information content (AvgIpc) is 3.14. The van der Waals surface area contributed by atoms with Gasteiger partial charge in [0, 0.05) is 37.3 Å². The molecule has 0 fully saturated rings. The zero-order chi connectivity index (χ0) is 19.3. The first-order valence-electron chi connectivity index (χ1n) is 8.07. The second kappa shape index (κ2) is 7.98. The lowest BCUT2D eigenvalue weighted by molar-refractivity contribution is -0.137. The zero-order valence-corrected chi connectivity index (χ0v) is 14.0. The first kappa shape index (κ1) is 18.6. The van der Waals surface area contributed by atoms with Crippen LogP contribution in [0.5, 0.6) is 0 Å². The highest BCUT2D eigenvalue weighted by molar-refractivity contribution is 5.76. The number of pyridine rings is 1. The predicted octanol–water partition coefficient (Wildman–Crippen LogP) is 3.40. The zero-order valence-electron chi connectivity index (χ0n) is 14.0. The van der Waals surface area contributed by atoms with Gasteiger partial charge in [-0.25, -0.2) is 0 Å². The van der Waals surface area contributed by atoms with Gasteiger partial charge in [0.15, 0.2) is 0 Å². The maximum atomic E-state index is 12.5. The molecule has 0 atom stereocenters. The third-order valence-corrected chi connectivity index (χ3v) is 3.74. The Morgan fingerprint density at radius 3 is 2.44 bits per heavy atom. The van der Waals surface area contributed by atoms with E-state index in [4.69, 9.17) is 4.52 Å². The van der Waals surface area contributed by atoms with Crippen molar-refractivity contribution in [1.82, 2.24) is 20.4 Å². The molecule has 0 saturated heterocycles. The number of amides is 1. The van der Waals surface area contributed by atoms with Crippen LogP contribution in [0.25, 0.3) is 11.4 Å². The summed E-state index contributed by atoms with van der Waals surface area (Å²) in [5.74, 6) is 0.475. The molecule has 0 aliphatic rings. The van der Waals surface area contributed by atoms with E-state index in [0.717, 1.165) is 17.7 Å². The Morgan fingerprint density at radius 2 is 1.78 bits per heavy atom. The van der Waals surface area contributed by atoms with Crippen molar-refractivity contribution in [3.05, 3.63) is 65.8 Å². The van der Waals surface area contributed by atoms with Crippen LogP contribution in [0.15, 0.2) is 53.3 Å². The van der Waals surface area contributed by atoms with Crippen molar-refractivity contribution in [3.8, 4) is 11.4 Å². The van der Waals surface area contributed by atoms with Gasteiger partial charge in [0.1, 0.15) is 0 Å². The van der Waals surface area contributed by atoms with Crippen molar-refractivity contribution in [3.63, 3.8) is 0 Å². The first-order chi connectivity index (χ1) is 12.9. The van der Waals surface area contributed by atoms with Crippen molar-refractivity contribution in [1.29, 1.82) is 0 Å². The summed E-state index contributed by atoms with van der Waals surface area (Å²) in [5, 5.41) is 6.50. The standard InChI is InChI=1S/C18H15F3N4O2/c19-18(20,21)14-3-1-12(2-4-14)11-23-15(26)5-6-16-24-17(25-27-16)13-7-9-22-10-8-13/h1-4,7-10H,5-6,11H2,(H,23,26). The maximum Gasteiger partial charge on any atom is 0.416 e. The van der Waals surface area contributed by atoms with Crippen LogP contribution >= 0.6 is 0 Å². The number of hydrogen-bond acceptors (Lipinski definition) is 5. The number of nitrogens with one attached hydrogen (secondary N) is 1. The molecular formula is C18H15F3N4O2. The van der Waals surface area contributed by atoms with Gasteiger partial charge in [-0.05, 0) is 29.8 Å². The number of alkyl halides is 3. The lowest BCUT2D eigenvalue weighted by Gasteiger charge is -2.08. The molecule has 6 nitrogen and oxygen atoms in total. The maximum absolute atomic E-state index is 12.5. The monoisotopic (exact) mass is 376 g/mol. The molecule has 9 heteroatoms. The molecule has 2 heterocycles. The summed E-state index contributed by atoms with van der Waals surface area (Å²) in [7, 11) is 0. The van der Waals surface area contributed by atoms with E-state index in [1.807, 2.05) is 0 Å². The molecule has 0 unspecified atom stereocenters. The van der Waals surface area contributed by atoms with Crippen molar-refractivity contribution < 1.29 is 22.5 Å². The Balaban J connectivity index is 1.47. The van der Waals surface area contributed by atoms with Gasteiger partial charge >= 0.3 is 6.18 Å². The SMILES string of the molecule is O=C(CCc1nc(-c2ccncc2)no1)NCc1ccc(C(F)(F)F)cc1. The minimum absolute atomic E-state index is 0.124. The molecule has 1 aromatic carbocycles. The van der Waals surface area contributed by atoms with Crippen LogP contribution in [0, 0.1) is 0 Å². The highest BCUT2D eigenvalue weighted by Gasteiger charge is 2.29. The van der Waals surface area contributed by atoms with E-state index < -0.39 is 11.7 Å². The Bertz CT molecular complexity index is 893. The fourth-order valence-electron chi connectivity index (χ4n) is 2.30. The summed E-state index contributed by atoms with van der Waals surface area (Å²) in [6, 6.07) is 8.13. The number of hydrogen-bond donors (Lipinski definition) is 1. The van der Waals surface area contributed by atoms with Gasteiger partial charge in [0.25, 0.3) is 0 Å². The topological polar surface area (TPSA) is 80.9 Å². The highest BCUT2D eigenvalue weighted by atomic mass is 19.4. The van der Waals surface area contributed by atoms with Gasteiger partial charge < -0.3 is 9.84 Å². The van der Waals surface area contributed by atoms with Crippen LogP contribution in [-0.4, -0.2) is 21.0 Å². The van der Waals surface area contributed by atoms with E-state index in [9.17, 15) is 18.0 Å². The number of carbonyl (C=O) groups is 1. The Labute approximate surface area is 152 Å². The molecule has 0 aliphatic carbocycles. The quantitative estimate of drug-likeness (QED) is 0.713. The van der Waals surface area contributed by atoms with Crippen molar-refractivity contribution in [2.24, 2.45) is 0 Å². The minimum Gasteiger partial charge on any atom is -0.352 e. The number of carbonyl (C=O) groups excluding carboxylic acids is 1. The summed E-state index contributed by atoms with van der Waals surface area (Å²) in [6.45, 7) is 0.142. The predicted molar refractivity (Wildman–Crippen MR) is 89.1 cm³/mol. The summed E-state index contributed by atoms with van der Waals surface area (Å²) in [4.78, 5) is 20.0. The van der Waals surface area contributed by atoms with Gasteiger partial charge in [0.05, 0.1) is 5.56 Å². The molecule has 0 bridgehead atoms. The molecule has 3 aromatic rings. The number of aryl methyl sites for hydroxylation is 1. The van der Waals surface area contributed by atoms with Gasteiger partial charge in [-0.3, -0.25) is 9.78 Å². The molecule has 2 aromatic heterocycles. The molecule has 1 N–H and O–H groups in total. The molecule has 0 aliphatic heterocycles. The third-order valence-electron chi connectivity index (χ3n) is 3.74. The van der Waals surface area contributed by atoms with Gasteiger partial charge in [0.2, 0.25) is 17.6 Å². The molecule has 140 valence electrons. The molecular weight excluding hydrogens is 361 g/mol. The van der Waals surface area contributed by atoms with E-state index in [2.05, 4.69) is 20.4 Å². The first-order valence-corrected chi connectivity index (χ1v) is 8.07. The van der Waals surface area contributed by atoms with Crippen molar-refractivity contribution in [2.45, 2.75) is 25.6 Å². The Morgan fingerprint density at radius 1 is 1.07 bits per heavy atom. The van der Waals surface area contributed by atoms with Crippen LogP contribution in [0.4, 0.5) is 13.2 Å². The average molecular weight is 376 g/mol. The molecule has 0 saturated carbocycles. The fraction of sp³-hybridized carbons (Fsp3) is 0.222. The Hall–Kier alpha value is -3.23. The molecule has 1 amide bonds. The highest BCUT2D eigenvalue weighted by Crippen LogP contribution is 2.29. The molecule has 0 spiro atoms. The number of halogens is 3. The second-order valence-corrected chi connectivity index (χ2v) is 5.72. The third kappa shape index (κ3) is 5.13. The summed E-state index contributed by atoms with van der Waals surface area (Å²) < 4.78 is 42.6. The summed E-state index contributed by atoms with van der Waals surface area (Å²) in [6.07, 6.45) is -0.767. The molecule has 27 heavy (non-hydrogen) atoms. The van der Waals surface area contributed by atoms with Crippen molar-refractivity contribution >= 4 is 5.91 Å². The van der Waals surface area contributed by atoms with Crippen LogP contribution in [0.3, 0.4) is 0 Å². The second-order valence-electron chi connectivity index (χ2n) is 5.72. The van der Waals surface area contributed by atoms with Gasteiger partial charge in [-0.2, -0.15) is 18.2 Å². The van der Waals surface area contributed by atoms with E-state index in [0.29, 0.717) is 17.3 Å². The lowest BCUT2D eigenvalue weighted by atomic mass is 10.1. The van der Waals surface area contributed by atoms with Crippen LogP contribution in [0.1, 0.15) is 23.4 Å². The van der Waals surface area contributed by atoms with Crippen LogP contribution in [-0.2, 0) is 23.9 Å². The normalized spacial score (nSPS) is 11.4. The summed E-state index contributed by atoms with van der Waals surface area (Å²) in [5.41, 5.74) is 0.611. The lowest BCUT2D eigenvalue weighted by Crippen LogP contribution is -2.23. The summed E-state index contributed by atoms with van der Waals surface area (Å²) >= 11 is 0. The van der Waals surface area contributed by atoms with E-state index in [-0.39, 0.29) is 25.3 Å². The smallest absolute Gasteiger partial charge is 0.352 e. The molecule has 3 rings (SSSR count). The van der Waals surface area contributed by atoms with Gasteiger partial charge in [-0.1, -0.05) is 17.3 Å².